The fourth-order valence-electron chi connectivity index (χ4n) is 5.23. The Hall–Kier alpha value is -2.17. The molecule has 0 aromatic heterocycles. The molecular formula is C24H31FN2O2. The van der Waals surface area contributed by atoms with E-state index in [1.165, 1.54) is 18.6 Å². The standard InChI is InChI=1S/C24H31FN2O2/c25-21-11-9-19(10-12-21)17-26-15-5-4-13-24(23(26)29)14-6-16-27(18-24)22(28)20-7-2-1-3-8-20/h4-5,9-12,20H,1-3,6-8,13-18H2. The molecule has 2 fully saturated rings. The topological polar surface area (TPSA) is 40.6 Å². The Bertz CT molecular complexity index is 770. The lowest BCUT2D eigenvalue weighted by Gasteiger charge is -2.44. The smallest absolute Gasteiger partial charge is 0.231 e. The van der Waals surface area contributed by atoms with E-state index >= 15 is 0 Å². The van der Waals surface area contributed by atoms with Gasteiger partial charge in [-0.25, -0.2) is 4.39 Å². The van der Waals surface area contributed by atoms with Gasteiger partial charge in [0.15, 0.2) is 0 Å². The van der Waals surface area contributed by atoms with Gasteiger partial charge in [0.1, 0.15) is 5.82 Å². The first-order chi connectivity index (χ1) is 14.1. The number of benzene rings is 1. The lowest BCUT2D eigenvalue weighted by molar-refractivity contribution is -0.150. The number of carbonyl (C=O) groups is 2. The molecule has 0 bridgehead atoms. The highest BCUT2D eigenvalue weighted by Gasteiger charge is 2.46. The van der Waals surface area contributed by atoms with Gasteiger partial charge in [0.25, 0.3) is 0 Å². The maximum atomic E-state index is 13.6. The van der Waals surface area contributed by atoms with Gasteiger partial charge in [0.2, 0.25) is 11.8 Å². The van der Waals surface area contributed by atoms with E-state index < -0.39 is 5.41 Å². The van der Waals surface area contributed by atoms with Crippen molar-refractivity contribution in [1.29, 1.82) is 0 Å². The van der Waals surface area contributed by atoms with Crippen LogP contribution in [0.25, 0.3) is 0 Å². The lowest BCUT2D eigenvalue weighted by atomic mass is 9.75. The zero-order valence-corrected chi connectivity index (χ0v) is 17.1. The molecule has 5 heteroatoms. The second-order valence-corrected chi connectivity index (χ2v) is 8.97. The van der Waals surface area contributed by atoms with Crippen molar-refractivity contribution in [2.75, 3.05) is 19.6 Å². The van der Waals surface area contributed by atoms with E-state index in [0.29, 0.717) is 26.1 Å². The molecule has 1 aromatic carbocycles. The summed E-state index contributed by atoms with van der Waals surface area (Å²) in [6.07, 6.45) is 12.1. The van der Waals surface area contributed by atoms with Crippen molar-refractivity contribution in [3.63, 3.8) is 0 Å². The number of amides is 2. The molecule has 29 heavy (non-hydrogen) atoms. The summed E-state index contributed by atoms with van der Waals surface area (Å²) in [5, 5.41) is 0. The van der Waals surface area contributed by atoms with Crippen LogP contribution in [0.15, 0.2) is 36.4 Å². The van der Waals surface area contributed by atoms with Crippen molar-refractivity contribution in [3.8, 4) is 0 Å². The van der Waals surface area contributed by atoms with Gasteiger partial charge in [-0.05, 0) is 49.8 Å². The highest BCUT2D eigenvalue weighted by molar-refractivity contribution is 5.86. The van der Waals surface area contributed by atoms with Crippen molar-refractivity contribution in [1.82, 2.24) is 9.80 Å². The summed E-state index contributed by atoms with van der Waals surface area (Å²) in [6.45, 7) is 2.34. The lowest BCUT2D eigenvalue weighted by Crippen LogP contribution is -2.54. The van der Waals surface area contributed by atoms with Crippen LogP contribution in [0.5, 0.6) is 0 Å². The van der Waals surface area contributed by atoms with Crippen molar-refractivity contribution in [3.05, 3.63) is 47.8 Å². The predicted molar refractivity (Wildman–Crippen MR) is 110 cm³/mol. The molecule has 4 rings (SSSR count). The minimum absolute atomic E-state index is 0.132. The van der Waals surface area contributed by atoms with Gasteiger partial charge in [-0.2, -0.15) is 0 Å². The van der Waals surface area contributed by atoms with Gasteiger partial charge in [-0.1, -0.05) is 43.5 Å². The van der Waals surface area contributed by atoms with E-state index in [1.54, 1.807) is 12.1 Å². The molecule has 3 aliphatic rings. The van der Waals surface area contributed by atoms with Crippen LogP contribution in [0, 0.1) is 17.2 Å². The molecule has 1 atom stereocenters. The number of halogens is 1. The number of rotatable bonds is 3. The third-order valence-electron chi connectivity index (χ3n) is 6.87. The molecule has 1 aromatic rings. The summed E-state index contributed by atoms with van der Waals surface area (Å²) in [5.41, 5.74) is 0.409. The molecule has 156 valence electrons. The highest BCUT2D eigenvalue weighted by atomic mass is 19.1. The van der Waals surface area contributed by atoms with Crippen LogP contribution in [0.1, 0.15) is 56.9 Å². The molecule has 0 radical (unpaired) electrons. The second kappa shape index (κ2) is 8.68. The van der Waals surface area contributed by atoms with Crippen LogP contribution >= 0.6 is 0 Å². The number of likely N-dealkylation sites (tertiary alicyclic amines) is 1. The average Bonchev–Trinajstić information content (AvgIpc) is 2.90. The minimum atomic E-state index is -0.518. The SMILES string of the molecule is O=C(C1CCCCC1)N1CCCC2(CC=CCN(Cc3ccc(F)cc3)C2=O)C1. The van der Waals surface area contributed by atoms with E-state index in [-0.39, 0.29) is 23.5 Å². The molecule has 1 unspecified atom stereocenters. The molecule has 1 spiro atoms. The number of nitrogens with zero attached hydrogens (tertiary/aromatic N) is 2. The predicted octanol–water partition coefficient (Wildman–Crippen LogP) is 4.30. The Balaban J connectivity index is 1.50. The summed E-state index contributed by atoms with van der Waals surface area (Å²) in [4.78, 5) is 30.6. The zero-order valence-electron chi connectivity index (χ0n) is 17.1. The van der Waals surface area contributed by atoms with Crippen molar-refractivity contribution >= 4 is 11.8 Å². The molecule has 2 amide bonds. The molecule has 2 aliphatic heterocycles. The van der Waals surface area contributed by atoms with Gasteiger partial charge in [0.05, 0.1) is 5.41 Å². The summed E-state index contributed by atoms with van der Waals surface area (Å²) in [7, 11) is 0. The Morgan fingerprint density at radius 1 is 1.07 bits per heavy atom. The summed E-state index contributed by atoms with van der Waals surface area (Å²) < 4.78 is 13.2. The van der Waals surface area contributed by atoms with Gasteiger partial charge in [-0.3, -0.25) is 9.59 Å². The van der Waals surface area contributed by atoms with Crippen LogP contribution < -0.4 is 0 Å². The fourth-order valence-corrected chi connectivity index (χ4v) is 5.23. The Kier molecular flexibility index (Phi) is 6.02. The molecule has 1 saturated heterocycles. The van der Waals surface area contributed by atoms with E-state index in [2.05, 4.69) is 12.2 Å². The molecule has 4 nitrogen and oxygen atoms in total. The van der Waals surface area contributed by atoms with Crippen molar-refractivity contribution in [2.45, 2.75) is 57.9 Å². The van der Waals surface area contributed by atoms with Crippen LogP contribution in [0.2, 0.25) is 0 Å². The highest BCUT2D eigenvalue weighted by Crippen LogP contribution is 2.39. The number of hydrogen-bond donors (Lipinski definition) is 0. The van der Waals surface area contributed by atoms with Crippen molar-refractivity contribution in [2.24, 2.45) is 11.3 Å². The van der Waals surface area contributed by atoms with Crippen LogP contribution in [0.4, 0.5) is 4.39 Å². The monoisotopic (exact) mass is 398 g/mol. The number of hydrogen-bond acceptors (Lipinski definition) is 2. The number of allylic oxidation sites excluding steroid dienone is 1. The normalized spacial score (nSPS) is 26.0. The van der Waals surface area contributed by atoms with Crippen LogP contribution in [-0.4, -0.2) is 41.2 Å². The molecule has 2 heterocycles. The van der Waals surface area contributed by atoms with E-state index in [1.807, 2.05) is 9.80 Å². The number of piperidine rings is 1. The third kappa shape index (κ3) is 4.39. The molecule has 1 aliphatic carbocycles. The van der Waals surface area contributed by atoms with Gasteiger partial charge < -0.3 is 9.80 Å². The minimum Gasteiger partial charge on any atom is -0.341 e. The van der Waals surface area contributed by atoms with Crippen molar-refractivity contribution < 1.29 is 14.0 Å². The van der Waals surface area contributed by atoms with E-state index in [4.69, 9.17) is 0 Å². The molecule has 1 saturated carbocycles. The third-order valence-corrected chi connectivity index (χ3v) is 6.87. The maximum Gasteiger partial charge on any atom is 0.231 e. The fraction of sp³-hybridized carbons (Fsp3) is 0.583. The van der Waals surface area contributed by atoms with Gasteiger partial charge in [0, 0.05) is 32.1 Å². The molecular weight excluding hydrogens is 367 g/mol. The first-order valence-electron chi connectivity index (χ1n) is 11.0. The van der Waals surface area contributed by atoms with Crippen LogP contribution in [0.3, 0.4) is 0 Å². The summed E-state index contributed by atoms with van der Waals surface area (Å²) >= 11 is 0. The van der Waals surface area contributed by atoms with Gasteiger partial charge in [-0.15, -0.1) is 0 Å². The Labute approximate surface area is 172 Å². The number of carbonyl (C=O) groups excluding carboxylic acids is 2. The first-order valence-corrected chi connectivity index (χ1v) is 11.0. The first kappa shape index (κ1) is 20.1. The zero-order chi connectivity index (χ0) is 20.3. The van der Waals surface area contributed by atoms with E-state index in [9.17, 15) is 14.0 Å². The largest absolute Gasteiger partial charge is 0.341 e. The quantitative estimate of drug-likeness (QED) is 0.712. The van der Waals surface area contributed by atoms with E-state index in [0.717, 1.165) is 50.6 Å². The Morgan fingerprint density at radius 2 is 1.83 bits per heavy atom. The van der Waals surface area contributed by atoms with Gasteiger partial charge >= 0.3 is 0 Å². The summed E-state index contributed by atoms with van der Waals surface area (Å²) in [6, 6.07) is 6.36. The Morgan fingerprint density at radius 3 is 2.59 bits per heavy atom. The average molecular weight is 399 g/mol. The summed E-state index contributed by atoms with van der Waals surface area (Å²) in [5.74, 6) is 0.268. The maximum absolute atomic E-state index is 13.6. The van der Waals surface area contributed by atoms with Crippen LogP contribution in [-0.2, 0) is 16.1 Å². The second-order valence-electron chi connectivity index (χ2n) is 8.97. The molecule has 0 N–H and O–H groups in total.